The molecule has 62 heavy (non-hydrogen) atoms. The number of hydrogen-bond acceptors (Lipinski definition) is 8. The summed E-state index contributed by atoms with van der Waals surface area (Å²) in [5, 5.41) is 2.14. The van der Waals surface area contributed by atoms with Crippen molar-refractivity contribution in [3.8, 4) is 39.3 Å². The predicted octanol–water partition coefficient (Wildman–Crippen LogP) is 12.5. The van der Waals surface area contributed by atoms with Crippen LogP contribution in [0.25, 0.3) is 43.8 Å². The third-order valence-electron chi connectivity index (χ3n) is 10.4. The van der Waals surface area contributed by atoms with Crippen molar-refractivity contribution >= 4 is 39.1 Å². The monoisotopic (exact) mass is 872 g/mol. The maximum Gasteiger partial charge on any atom is 0.416 e. The van der Waals surface area contributed by atoms with Crippen LogP contribution in [0.1, 0.15) is 58.8 Å². The molecule has 0 radical (unpaired) electrons. The zero-order valence-corrected chi connectivity index (χ0v) is 34.5. The van der Waals surface area contributed by atoms with Crippen LogP contribution in [0.2, 0.25) is 0 Å². The first-order chi connectivity index (χ1) is 29.5. The van der Waals surface area contributed by atoms with Crippen molar-refractivity contribution in [2.75, 3.05) is 13.2 Å². The molecule has 16 heteroatoms. The van der Waals surface area contributed by atoms with Gasteiger partial charge in [-0.1, -0.05) is 26.0 Å². The van der Waals surface area contributed by atoms with Gasteiger partial charge in [0.15, 0.2) is 5.75 Å². The summed E-state index contributed by atoms with van der Waals surface area (Å²) >= 11 is 1.42. The standard InChI is InChI=1S/C46H38F6N4O5S/c1-25(41-27(3)60-43(54-41)29-5-9-32(10-6-29)45(47,48)49)23-59-35-13-15-37-36(20-35)39(21-53-37)61-40(57)22-56-18-17-31-19-34(14-16-38(31)56)58-24-26(2)42-28(4)62-44(55-42)30-7-11-33(12-8-30)46(50,51)52/h5-21,25-26,53H,22-24H2,1-4H3. The van der Waals surface area contributed by atoms with Gasteiger partial charge in [-0.05, 0) is 92.7 Å². The predicted molar refractivity (Wildman–Crippen MR) is 223 cm³/mol. The van der Waals surface area contributed by atoms with Gasteiger partial charge in [-0.25, -0.2) is 14.8 Å². The van der Waals surface area contributed by atoms with Crippen LogP contribution in [0.5, 0.6) is 17.2 Å². The third-order valence-corrected chi connectivity index (χ3v) is 11.4. The number of aromatic nitrogens is 4. The number of ether oxygens (including phenoxy) is 3. The third kappa shape index (κ3) is 9.05. The molecular weight excluding hydrogens is 835 g/mol. The van der Waals surface area contributed by atoms with E-state index in [-0.39, 0.29) is 30.9 Å². The van der Waals surface area contributed by atoms with Crippen molar-refractivity contribution in [1.29, 1.82) is 0 Å². The average Bonchev–Trinajstić information content (AvgIpc) is 4.04. The Hall–Kier alpha value is -6.55. The van der Waals surface area contributed by atoms with Crippen LogP contribution in [0.4, 0.5) is 26.3 Å². The minimum Gasteiger partial charge on any atom is -0.493 e. The Balaban J connectivity index is 0.861. The number of benzene rings is 4. The zero-order chi connectivity index (χ0) is 43.9. The molecule has 0 saturated carbocycles. The number of thiazole rings is 1. The van der Waals surface area contributed by atoms with Gasteiger partial charge in [0, 0.05) is 62.0 Å². The van der Waals surface area contributed by atoms with Gasteiger partial charge in [0.2, 0.25) is 5.89 Å². The molecule has 0 aliphatic carbocycles. The largest absolute Gasteiger partial charge is 0.493 e. The Labute approximate surface area is 354 Å². The van der Waals surface area contributed by atoms with E-state index in [1.165, 1.54) is 35.6 Å². The molecule has 0 fully saturated rings. The molecule has 320 valence electrons. The molecule has 4 aromatic carbocycles. The highest BCUT2D eigenvalue weighted by Gasteiger charge is 2.31. The van der Waals surface area contributed by atoms with Crippen LogP contribution in [-0.2, 0) is 23.7 Å². The minimum atomic E-state index is -4.44. The van der Waals surface area contributed by atoms with E-state index < -0.39 is 29.4 Å². The summed E-state index contributed by atoms with van der Waals surface area (Å²) in [7, 11) is 0. The molecule has 8 rings (SSSR count). The van der Waals surface area contributed by atoms with Crippen molar-refractivity contribution < 1.29 is 49.8 Å². The Kier molecular flexibility index (Phi) is 11.4. The lowest BCUT2D eigenvalue weighted by molar-refractivity contribution is -0.138. The molecule has 1 N–H and O–H groups in total. The second-order valence-electron chi connectivity index (χ2n) is 15.0. The second kappa shape index (κ2) is 16.7. The van der Waals surface area contributed by atoms with Crippen LogP contribution >= 0.6 is 11.3 Å². The van der Waals surface area contributed by atoms with E-state index in [9.17, 15) is 31.1 Å². The van der Waals surface area contributed by atoms with Gasteiger partial charge in [-0.15, -0.1) is 11.3 Å². The fourth-order valence-corrected chi connectivity index (χ4v) is 8.17. The van der Waals surface area contributed by atoms with E-state index in [0.717, 1.165) is 51.3 Å². The maximum atomic E-state index is 13.2. The van der Waals surface area contributed by atoms with Gasteiger partial charge in [0.05, 0.1) is 35.7 Å². The molecule has 0 aliphatic rings. The van der Waals surface area contributed by atoms with Gasteiger partial charge in [0.1, 0.15) is 28.8 Å². The number of halogens is 6. The number of aryl methyl sites for hydroxylation is 2. The maximum absolute atomic E-state index is 13.2. The number of nitrogens with zero attached hydrogens (tertiary/aromatic N) is 3. The average molecular weight is 873 g/mol. The van der Waals surface area contributed by atoms with Crippen molar-refractivity contribution in [2.45, 2.75) is 58.4 Å². The molecule has 0 aliphatic heterocycles. The summed E-state index contributed by atoms with van der Waals surface area (Å²) in [6, 6.07) is 22.5. The summed E-state index contributed by atoms with van der Waals surface area (Å²) in [6.07, 6.45) is -5.44. The number of nitrogens with one attached hydrogen (secondary N) is 1. The van der Waals surface area contributed by atoms with Crippen molar-refractivity contribution in [2.24, 2.45) is 0 Å². The fraction of sp³-hybridized carbons (Fsp3) is 0.239. The van der Waals surface area contributed by atoms with E-state index in [1.807, 2.05) is 51.1 Å². The number of esters is 1. The molecule has 0 bridgehead atoms. The number of hydrogen-bond donors (Lipinski definition) is 1. The topological polar surface area (TPSA) is 104 Å². The van der Waals surface area contributed by atoms with Crippen molar-refractivity contribution in [1.82, 2.24) is 19.5 Å². The molecule has 2 unspecified atom stereocenters. The Morgan fingerprint density at radius 1 is 0.774 bits per heavy atom. The van der Waals surface area contributed by atoms with Gasteiger partial charge < -0.3 is 28.2 Å². The number of fused-ring (bicyclic) bond motifs is 2. The number of H-pyrrole nitrogens is 1. The first-order valence-electron chi connectivity index (χ1n) is 19.5. The molecule has 8 aromatic rings. The summed E-state index contributed by atoms with van der Waals surface area (Å²) in [6.45, 7) is 8.04. The molecule has 4 heterocycles. The van der Waals surface area contributed by atoms with Crippen LogP contribution in [0.15, 0.2) is 108 Å². The molecule has 9 nitrogen and oxygen atoms in total. The zero-order valence-electron chi connectivity index (χ0n) is 33.6. The van der Waals surface area contributed by atoms with E-state index >= 15 is 0 Å². The highest BCUT2D eigenvalue weighted by Crippen LogP contribution is 2.36. The summed E-state index contributed by atoms with van der Waals surface area (Å²) in [5.41, 5.74) is 2.56. The number of aromatic amines is 1. The minimum absolute atomic E-state index is 0.0585. The Morgan fingerprint density at radius 3 is 2.05 bits per heavy atom. The smallest absolute Gasteiger partial charge is 0.416 e. The van der Waals surface area contributed by atoms with Crippen LogP contribution in [-0.4, -0.2) is 38.7 Å². The number of carbonyl (C=O) groups is 1. The molecular formula is C46H38F6N4O5S. The number of oxazole rings is 1. The Bertz CT molecular complexity index is 2870. The quantitative estimate of drug-likeness (QED) is 0.0909. The fourth-order valence-electron chi connectivity index (χ4n) is 7.13. The number of rotatable bonds is 13. The van der Waals surface area contributed by atoms with Crippen LogP contribution in [0.3, 0.4) is 0 Å². The lowest BCUT2D eigenvalue weighted by atomic mass is 10.1. The number of alkyl halides is 6. The molecule has 4 aromatic heterocycles. The number of carbonyl (C=O) groups excluding carboxylic acids is 1. The van der Waals surface area contributed by atoms with Crippen LogP contribution < -0.4 is 14.2 Å². The highest BCUT2D eigenvalue weighted by molar-refractivity contribution is 7.15. The molecule has 2 atom stereocenters. The van der Waals surface area contributed by atoms with Gasteiger partial charge >= 0.3 is 18.3 Å². The Morgan fingerprint density at radius 2 is 1.39 bits per heavy atom. The van der Waals surface area contributed by atoms with E-state index in [1.54, 1.807) is 36.0 Å². The van der Waals surface area contributed by atoms with E-state index in [0.29, 0.717) is 56.8 Å². The molecule has 0 saturated heterocycles. The molecule has 0 amide bonds. The highest BCUT2D eigenvalue weighted by atomic mass is 32.1. The summed E-state index contributed by atoms with van der Waals surface area (Å²) in [5.74, 6) is 1.43. The molecule has 0 spiro atoms. The van der Waals surface area contributed by atoms with E-state index in [2.05, 4.69) is 9.97 Å². The van der Waals surface area contributed by atoms with E-state index in [4.69, 9.17) is 23.6 Å². The first-order valence-corrected chi connectivity index (χ1v) is 20.3. The summed E-state index contributed by atoms with van der Waals surface area (Å²) in [4.78, 5) is 26.6. The summed E-state index contributed by atoms with van der Waals surface area (Å²) < 4.78 is 104. The van der Waals surface area contributed by atoms with Crippen molar-refractivity contribution in [3.63, 3.8) is 0 Å². The lowest BCUT2D eigenvalue weighted by Crippen LogP contribution is -2.15. The second-order valence-corrected chi connectivity index (χ2v) is 16.2. The van der Waals surface area contributed by atoms with Gasteiger partial charge in [-0.2, -0.15) is 26.3 Å². The van der Waals surface area contributed by atoms with Gasteiger partial charge in [-0.3, -0.25) is 0 Å². The first kappa shape index (κ1) is 42.2. The lowest BCUT2D eigenvalue weighted by Gasteiger charge is -2.13. The normalized spacial score (nSPS) is 13.1. The van der Waals surface area contributed by atoms with Gasteiger partial charge in [0.25, 0.3) is 0 Å². The SMILES string of the molecule is Cc1oc(-c2ccc(C(F)(F)F)cc2)nc1C(C)COc1ccc2[nH]cc(OC(=O)Cn3ccc4cc(OCC(C)c5nc(-c6ccc(C(F)(F)F)cc6)sc5C)ccc43)c2c1. The van der Waals surface area contributed by atoms with Crippen molar-refractivity contribution in [3.05, 3.63) is 137 Å². The van der Waals surface area contributed by atoms with Crippen LogP contribution in [0, 0.1) is 13.8 Å².